The smallest absolute Gasteiger partial charge is 0.268 e. The number of para-hydroxylation sites is 2. The molecule has 1 aliphatic heterocycles. The lowest BCUT2D eigenvalue weighted by Gasteiger charge is -2.32. The molecule has 0 spiro atoms. The van der Waals surface area contributed by atoms with Gasteiger partial charge in [0.15, 0.2) is 11.2 Å². The number of benzene rings is 2. The van der Waals surface area contributed by atoms with Gasteiger partial charge in [0.2, 0.25) is 11.8 Å². The molecule has 160 valence electrons. The van der Waals surface area contributed by atoms with Gasteiger partial charge in [-0.25, -0.2) is 4.98 Å². The molecule has 1 aliphatic rings. The first-order valence-electron chi connectivity index (χ1n) is 9.49. The van der Waals surface area contributed by atoms with Crippen LogP contribution in [0.3, 0.4) is 0 Å². The number of rotatable bonds is 5. The number of fused-ring (bicyclic) bond motifs is 2. The van der Waals surface area contributed by atoms with Crippen molar-refractivity contribution in [1.82, 2.24) is 4.98 Å². The van der Waals surface area contributed by atoms with Crippen molar-refractivity contribution in [3.63, 3.8) is 0 Å². The first kappa shape index (κ1) is 20.6. The maximum atomic E-state index is 12.8. The molecule has 10 heteroatoms. The van der Waals surface area contributed by atoms with Crippen LogP contribution in [0.1, 0.15) is 13.8 Å². The number of aromatic nitrogens is 1. The van der Waals surface area contributed by atoms with Crippen LogP contribution in [-0.4, -0.2) is 42.5 Å². The van der Waals surface area contributed by atoms with Gasteiger partial charge in [-0.05, 0) is 25.1 Å². The van der Waals surface area contributed by atoms with Crippen LogP contribution in [0.4, 0.5) is 16.5 Å². The lowest BCUT2D eigenvalue weighted by atomic mass is 10.2. The zero-order valence-corrected chi connectivity index (χ0v) is 17.9. The lowest BCUT2D eigenvalue weighted by Crippen LogP contribution is -2.47. The maximum Gasteiger partial charge on any atom is 0.268 e. The molecule has 1 atom stereocenters. The Morgan fingerprint density at radius 1 is 1.26 bits per heavy atom. The van der Waals surface area contributed by atoms with Crippen molar-refractivity contribution in [3.05, 3.63) is 36.4 Å². The fourth-order valence-electron chi connectivity index (χ4n) is 3.30. The summed E-state index contributed by atoms with van der Waals surface area (Å²) in [7, 11) is 1.50. The number of thiazole rings is 1. The van der Waals surface area contributed by atoms with Crippen molar-refractivity contribution < 1.29 is 23.9 Å². The molecule has 0 bridgehead atoms. The molecule has 1 aromatic heterocycles. The second-order valence-electron chi connectivity index (χ2n) is 6.93. The van der Waals surface area contributed by atoms with Crippen LogP contribution in [0, 0.1) is 0 Å². The zero-order valence-electron chi connectivity index (χ0n) is 17.1. The quantitative estimate of drug-likeness (QED) is 0.631. The summed E-state index contributed by atoms with van der Waals surface area (Å²) >= 11 is 1.27. The fourth-order valence-corrected chi connectivity index (χ4v) is 4.27. The Morgan fingerprint density at radius 2 is 2.03 bits per heavy atom. The van der Waals surface area contributed by atoms with E-state index in [1.165, 1.54) is 30.3 Å². The van der Waals surface area contributed by atoms with Gasteiger partial charge in [0, 0.05) is 18.7 Å². The molecule has 2 aromatic carbocycles. The summed E-state index contributed by atoms with van der Waals surface area (Å²) in [4.78, 5) is 42.5. The van der Waals surface area contributed by atoms with E-state index in [-0.39, 0.29) is 24.3 Å². The van der Waals surface area contributed by atoms with Crippen LogP contribution in [0.25, 0.3) is 10.2 Å². The number of amides is 3. The van der Waals surface area contributed by atoms with Gasteiger partial charge in [0.25, 0.3) is 5.91 Å². The van der Waals surface area contributed by atoms with Crippen LogP contribution >= 0.6 is 11.3 Å². The van der Waals surface area contributed by atoms with Crippen molar-refractivity contribution in [2.24, 2.45) is 0 Å². The van der Waals surface area contributed by atoms with Crippen molar-refractivity contribution in [2.75, 3.05) is 29.2 Å². The SMILES string of the molecule is COc1cc(NC(=O)CN2C(=O)C(C)Oc3ccccc32)cc2sc(NC(C)=O)nc12. The van der Waals surface area contributed by atoms with Gasteiger partial charge in [-0.1, -0.05) is 23.5 Å². The summed E-state index contributed by atoms with van der Waals surface area (Å²) in [6, 6.07) is 10.5. The maximum absolute atomic E-state index is 12.8. The van der Waals surface area contributed by atoms with E-state index in [2.05, 4.69) is 15.6 Å². The highest BCUT2D eigenvalue weighted by molar-refractivity contribution is 7.22. The normalized spacial score (nSPS) is 15.3. The third-order valence-corrected chi connectivity index (χ3v) is 5.54. The van der Waals surface area contributed by atoms with Crippen molar-refractivity contribution in [1.29, 1.82) is 0 Å². The number of anilines is 3. The van der Waals surface area contributed by atoms with Crippen LogP contribution in [0.15, 0.2) is 36.4 Å². The fraction of sp³-hybridized carbons (Fsp3) is 0.238. The second-order valence-corrected chi connectivity index (χ2v) is 7.96. The summed E-state index contributed by atoms with van der Waals surface area (Å²) < 4.78 is 11.7. The van der Waals surface area contributed by atoms with E-state index in [1.807, 2.05) is 6.07 Å². The van der Waals surface area contributed by atoms with Crippen LogP contribution in [0.5, 0.6) is 11.5 Å². The lowest BCUT2D eigenvalue weighted by molar-refractivity contribution is -0.127. The van der Waals surface area contributed by atoms with E-state index in [1.54, 1.807) is 37.3 Å². The average molecular weight is 440 g/mol. The Hall–Kier alpha value is -3.66. The number of hydrogen-bond acceptors (Lipinski definition) is 7. The van der Waals surface area contributed by atoms with Gasteiger partial charge in [-0.2, -0.15) is 0 Å². The highest BCUT2D eigenvalue weighted by Gasteiger charge is 2.32. The Balaban J connectivity index is 1.57. The number of nitrogens with one attached hydrogen (secondary N) is 2. The third kappa shape index (κ3) is 4.15. The first-order chi connectivity index (χ1) is 14.9. The largest absolute Gasteiger partial charge is 0.494 e. The van der Waals surface area contributed by atoms with Gasteiger partial charge < -0.3 is 20.1 Å². The van der Waals surface area contributed by atoms with Crippen molar-refractivity contribution in [3.8, 4) is 11.5 Å². The topological polar surface area (TPSA) is 110 Å². The highest BCUT2D eigenvalue weighted by atomic mass is 32.1. The molecule has 0 fully saturated rings. The third-order valence-electron chi connectivity index (χ3n) is 4.62. The molecule has 4 rings (SSSR count). The van der Waals surface area contributed by atoms with E-state index < -0.39 is 6.10 Å². The molecular weight excluding hydrogens is 420 g/mol. The first-order valence-corrected chi connectivity index (χ1v) is 10.3. The Morgan fingerprint density at radius 3 is 2.77 bits per heavy atom. The number of hydrogen-bond donors (Lipinski definition) is 2. The number of carbonyl (C=O) groups excluding carboxylic acids is 3. The Labute approximate surface area is 182 Å². The van der Waals surface area contributed by atoms with Crippen molar-refractivity contribution in [2.45, 2.75) is 20.0 Å². The summed E-state index contributed by atoms with van der Waals surface area (Å²) in [6.45, 7) is 2.89. The minimum absolute atomic E-state index is 0.163. The second kappa shape index (κ2) is 8.23. The summed E-state index contributed by atoms with van der Waals surface area (Å²) in [5, 5.41) is 5.90. The molecule has 2 N–H and O–H groups in total. The average Bonchev–Trinajstić information content (AvgIpc) is 3.12. The molecule has 3 amide bonds. The molecule has 0 radical (unpaired) electrons. The van der Waals surface area contributed by atoms with Crippen LogP contribution < -0.4 is 25.0 Å². The van der Waals surface area contributed by atoms with E-state index >= 15 is 0 Å². The predicted molar refractivity (Wildman–Crippen MR) is 118 cm³/mol. The zero-order chi connectivity index (χ0) is 22.1. The van der Waals surface area contributed by atoms with Crippen molar-refractivity contribution >= 4 is 55.8 Å². The molecule has 3 aromatic rings. The minimum Gasteiger partial charge on any atom is -0.494 e. The standard InChI is InChI=1S/C21H20N4O5S/c1-11-20(28)25(14-6-4-5-7-15(14)30-11)10-18(27)23-13-8-16(29-3)19-17(9-13)31-21(24-19)22-12(2)26/h4-9,11H,10H2,1-3H3,(H,23,27)(H,22,24,26). The summed E-state index contributed by atoms with van der Waals surface area (Å²) in [5.41, 5.74) is 1.63. The highest BCUT2D eigenvalue weighted by Crippen LogP contribution is 2.36. The number of nitrogens with zero attached hydrogens (tertiary/aromatic N) is 2. The predicted octanol–water partition coefficient (Wildman–Crippen LogP) is 3.02. The van der Waals surface area contributed by atoms with Crippen LogP contribution in [0.2, 0.25) is 0 Å². The van der Waals surface area contributed by atoms with E-state index in [0.29, 0.717) is 33.5 Å². The molecule has 0 saturated carbocycles. The van der Waals surface area contributed by atoms with Gasteiger partial charge in [-0.15, -0.1) is 0 Å². The van der Waals surface area contributed by atoms with E-state index in [9.17, 15) is 14.4 Å². The summed E-state index contributed by atoms with van der Waals surface area (Å²) in [5.74, 6) is 0.133. The summed E-state index contributed by atoms with van der Waals surface area (Å²) in [6.07, 6.45) is -0.677. The van der Waals surface area contributed by atoms with Gasteiger partial charge in [0.1, 0.15) is 23.6 Å². The molecule has 31 heavy (non-hydrogen) atoms. The number of carbonyl (C=O) groups is 3. The van der Waals surface area contributed by atoms with Crippen LogP contribution in [-0.2, 0) is 14.4 Å². The van der Waals surface area contributed by atoms with E-state index in [0.717, 1.165) is 4.70 Å². The van der Waals surface area contributed by atoms with Gasteiger partial charge in [0.05, 0.1) is 17.5 Å². The molecule has 1 unspecified atom stereocenters. The molecule has 0 aliphatic carbocycles. The van der Waals surface area contributed by atoms with Gasteiger partial charge in [-0.3, -0.25) is 19.3 Å². The number of methoxy groups -OCH3 is 1. The molecule has 2 heterocycles. The Bertz CT molecular complexity index is 1190. The van der Waals surface area contributed by atoms with Gasteiger partial charge >= 0.3 is 0 Å². The molecular formula is C21H20N4O5S. The monoisotopic (exact) mass is 440 g/mol. The van der Waals surface area contributed by atoms with E-state index in [4.69, 9.17) is 9.47 Å². The number of ether oxygens (including phenoxy) is 2. The molecule has 9 nitrogen and oxygen atoms in total. The molecule has 0 saturated heterocycles. The minimum atomic E-state index is -0.677. The Kier molecular flexibility index (Phi) is 5.47.